The molecule has 5 heteroatoms. The summed E-state index contributed by atoms with van der Waals surface area (Å²) in [7, 11) is 0. The van der Waals surface area contributed by atoms with E-state index in [-0.39, 0.29) is 17.1 Å². The molecule has 0 aromatic heterocycles. The third-order valence-electron chi connectivity index (χ3n) is 4.08. The van der Waals surface area contributed by atoms with E-state index in [1.807, 2.05) is 31.2 Å². The molecule has 0 bridgehead atoms. The summed E-state index contributed by atoms with van der Waals surface area (Å²) in [5.41, 5.74) is 1.09. The molecule has 0 spiro atoms. The molecule has 0 aliphatic carbocycles. The second kappa shape index (κ2) is 9.46. The zero-order chi connectivity index (χ0) is 20.6. The van der Waals surface area contributed by atoms with Gasteiger partial charge < -0.3 is 9.47 Å². The SMILES string of the molecule is CCOc1ccccc1C=CC(=O)c1ccc(OC(=O)c2ccccc2F)cc1. The number of hydrogen-bond acceptors (Lipinski definition) is 4. The smallest absolute Gasteiger partial charge is 0.346 e. The van der Waals surface area contributed by atoms with Crippen molar-refractivity contribution >= 4 is 17.8 Å². The van der Waals surface area contributed by atoms with Gasteiger partial charge in [-0.1, -0.05) is 30.3 Å². The Morgan fingerprint density at radius 1 is 0.931 bits per heavy atom. The summed E-state index contributed by atoms with van der Waals surface area (Å²) < 4.78 is 24.4. The molecule has 0 atom stereocenters. The van der Waals surface area contributed by atoms with Crippen molar-refractivity contribution in [3.63, 3.8) is 0 Å². The molecule has 0 saturated carbocycles. The minimum Gasteiger partial charge on any atom is -0.493 e. The standard InChI is InChI=1S/C24H19FO4/c1-2-28-23-10-6-3-7-18(23)13-16-22(26)17-11-14-19(15-12-17)29-24(27)20-8-4-5-9-21(20)25/h3-16H,2H2,1H3. The van der Waals surface area contributed by atoms with E-state index in [0.29, 0.717) is 17.9 Å². The van der Waals surface area contributed by atoms with E-state index < -0.39 is 11.8 Å². The third-order valence-corrected chi connectivity index (χ3v) is 4.08. The Kier molecular flexibility index (Phi) is 6.53. The summed E-state index contributed by atoms with van der Waals surface area (Å²) in [4.78, 5) is 24.4. The Balaban J connectivity index is 1.68. The van der Waals surface area contributed by atoms with Gasteiger partial charge in [-0.3, -0.25) is 4.79 Å². The summed E-state index contributed by atoms with van der Waals surface area (Å²) in [6.45, 7) is 2.43. The van der Waals surface area contributed by atoms with Crippen LogP contribution in [0.1, 0.15) is 33.2 Å². The van der Waals surface area contributed by atoms with Crippen molar-refractivity contribution in [1.29, 1.82) is 0 Å². The molecule has 4 nitrogen and oxygen atoms in total. The van der Waals surface area contributed by atoms with Gasteiger partial charge in [-0.05, 0) is 61.5 Å². The van der Waals surface area contributed by atoms with Gasteiger partial charge in [0.1, 0.15) is 17.3 Å². The predicted molar refractivity (Wildman–Crippen MR) is 109 cm³/mol. The van der Waals surface area contributed by atoms with Crippen LogP contribution in [0.25, 0.3) is 6.08 Å². The Morgan fingerprint density at radius 3 is 2.34 bits per heavy atom. The van der Waals surface area contributed by atoms with Crippen LogP contribution in [0.15, 0.2) is 78.9 Å². The largest absolute Gasteiger partial charge is 0.493 e. The van der Waals surface area contributed by atoms with Crippen LogP contribution in [0.2, 0.25) is 0 Å². The Morgan fingerprint density at radius 2 is 1.62 bits per heavy atom. The van der Waals surface area contributed by atoms with E-state index in [1.54, 1.807) is 24.3 Å². The van der Waals surface area contributed by atoms with Crippen molar-refractivity contribution in [2.45, 2.75) is 6.92 Å². The van der Waals surface area contributed by atoms with Gasteiger partial charge in [0.05, 0.1) is 12.2 Å². The molecule has 29 heavy (non-hydrogen) atoms. The van der Waals surface area contributed by atoms with Crippen LogP contribution in [0.5, 0.6) is 11.5 Å². The second-order valence-corrected chi connectivity index (χ2v) is 6.06. The van der Waals surface area contributed by atoms with Crippen LogP contribution >= 0.6 is 0 Å². The number of carbonyl (C=O) groups is 2. The second-order valence-electron chi connectivity index (χ2n) is 6.06. The van der Waals surface area contributed by atoms with Gasteiger partial charge in [0.2, 0.25) is 0 Å². The molecule has 3 aromatic carbocycles. The molecule has 0 fully saturated rings. The van der Waals surface area contributed by atoms with Crippen LogP contribution in [-0.4, -0.2) is 18.4 Å². The van der Waals surface area contributed by atoms with Crippen molar-refractivity contribution in [3.05, 3.63) is 101 Å². The topological polar surface area (TPSA) is 52.6 Å². The van der Waals surface area contributed by atoms with E-state index in [4.69, 9.17) is 9.47 Å². The third kappa shape index (κ3) is 5.17. The van der Waals surface area contributed by atoms with Gasteiger partial charge in [-0.2, -0.15) is 0 Å². The van der Waals surface area contributed by atoms with Crippen molar-refractivity contribution in [2.24, 2.45) is 0 Å². The quantitative estimate of drug-likeness (QED) is 0.236. The molecule has 0 saturated heterocycles. The van der Waals surface area contributed by atoms with Crippen LogP contribution in [0, 0.1) is 5.82 Å². The van der Waals surface area contributed by atoms with Gasteiger partial charge in [0.15, 0.2) is 5.78 Å². The van der Waals surface area contributed by atoms with Crippen LogP contribution in [0.4, 0.5) is 4.39 Å². The number of para-hydroxylation sites is 1. The maximum Gasteiger partial charge on any atom is 0.346 e. The van der Waals surface area contributed by atoms with Crippen LogP contribution in [-0.2, 0) is 0 Å². The number of carbonyl (C=O) groups excluding carboxylic acids is 2. The lowest BCUT2D eigenvalue weighted by molar-refractivity contribution is 0.0730. The summed E-state index contributed by atoms with van der Waals surface area (Å²) in [6.07, 6.45) is 3.15. The molecule has 3 aromatic rings. The highest BCUT2D eigenvalue weighted by atomic mass is 19.1. The van der Waals surface area contributed by atoms with Crippen molar-refractivity contribution in [2.75, 3.05) is 6.61 Å². The predicted octanol–water partition coefficient (Wildman–Crippen LogP) is 5.34. The van der Waals surface area contributed by atoms with Crippen LogP contribution < -0.4 is 9.47 Å². The zero-order valence-electron chi connectivity index (χ0n) is 15.8. The van der Waals surface area contributed by atoms with Crippen molar-refractivity contribution in [3.8, 4) is 11.5 Å². The van der Waals surface area contributed by atoms with Gasteiger partial charge in [0, 0.05) is 11.1 Å². The fourth-order valence-electron chi connectivity index (χ4n) is 2.64. The molecule has 0 radical (unpaired) electrons. The molecular formula is C24H19FO4. The average molecular weight is 390 g/mol. The normalized spacial score (nSPS) is 10.7. The first-order chi connectivity index (χ1) is 14.1. The maximum absolute atomic E-state index is 13.7. The lowest BCUT2D eigenvalue weighted by Crippen LogP contribution is -2.10. The lowest BCUT2D eigenvalue weighted by Gasteiger charge is -2.06. The maximum atomic E-state index is 13.7. The molecule has 146 valence electrons. The van der Waals surface area contributed by atoms with E-state index in [9.17, 15) is 14.0 Å². The number of rotatable bonds is 7. The minimum atomic E-state index is -0.797. The Hall–Kier alpha value is -3.73. The minimum absolute atomic E-state index is 0.149. The number of benzene rings is 3. The van der Waals surface area contributed by atoms with Crippen molar-refractivity contribution in [1.82, 2.24) is 0 Å². The number of halogens is 1. The first-order valence-electron chi connectivity index (χ1n) is 9.09. The molecule has 0 aliphatic heterocycles. The molecule has 0 aliphatic rings. The number of hydrogen-bond donors (Lipinski definition) is 0. The Bertz CT molecular complexity index is 1040. The zero-order valence-corrected chi connectivity index (χ0v) is 15.8. The molecule has 0 N–H and O–H groups in total. The number of ketones is 1. The highest BCUT2D eigenvalue weighted by Crippen LogP contribution is 2.20. The molecule has 0 unspecified atom stereocenters. The first-order valence-corrected chi connectivity index (χ1v) is 9.09. The van der Waals surface area contributed by atoms with E-state index >= 15 is 0 Å². The van der Waals surface area contributed by atoms with Gasteiger partial charge in [-0.15, -0.1) is 0 Å². The summed E-state index contributed by atoms with van der Waals surface area (Å²) in [6, 6.07) is 19.1. The number of ether oxygens (including phenoxy) is 2. The van der Waals surface area contributed by atoms with Crippen LogP contribution in [0.3, 0.4) is 0 Å². The van der Waals surface area contributed by atoms with E-state index in [2.05, 4.69) is 0 Å². The number of esters is 1. The van der Waals surface area contributed by atoms with Crippen molar-refractivity contribution < 1.29 is 23.5 Å². The Labute approximate surface area is 168 Å². The monoisotopic (exact) mass is 390 g/mol. The summed E-state index contributed by atoms with van der Waals surface area (Å²) in [5.74, 6) is -0.727. The van der Waals surface area contributed by atoms with Gasteiger partial charge in [0.25, 0.3) is 0 Å². The summed E-state index contributed by atoms with van der Waals surface area (Å²) in [5, 5.41) is 0. The van der Waals surface area contributed by atoms with E-state index in [1.165, 1.54) is 36.4 Å². The first kappa shape index (κ1) is 20.0. The van der Waals surface area contributed by atoms with Gasteiger partial charge >= 0.3 is 5.97 Å². The fourth-order valence-corrected chi connectivity index (χ4v) is 2.64. The molecule has 0 amide bonds. The number of allylic oxidation sites excluding steroid dienone is 1. The molecule has 0 heterocycles. The fraction of sp³-hybridized carbons (Fsp3) is 0.0833. The summed E-state index contributed by atoms with van der Waals surface area (Å²) >= 11 is 0. The van der Waals surface area contributed by atoms with E-state index in [0.717, 1.165) is 5.56 Å². The average Bonchev–Trinajstić information content (AvgIpc) is 2.74. The molecule has 3 rings (SSSR count). The molecular weight excluding hydrogens is 371 g/mol. The highest BCUT2D eigenvalue weighted by Gasteiger charge is 2.13. The lowest BCUT2D eigenvalue weighted by atomic mass is 10.1. The highest BCUT2D eigenvalue weighted by molar-refractivity contribution is 6.07. The van der Waals surface area contributed by atoms with Gasteiger partial charge in [-0.25, -0.2) is 9.18 Å².